The lowest BCUT2D eigenvalue weighted by atomic mass is 10.1. The quantitative estimate of drug-likeness (QED) is 0.506. The molecule has 0 aliphatic rings. The summed E-state index contributed by atoms with van der Waals surface area (Å²) < 4.78 is 0. The molecular weight excluding hydrogens is 366 g/mol. The average molecular weight is 380 g/mol. The highest BCUT2D eigenvalue weighted by Gasteiger charge is 2.15. The van der Waals surface area contributed by atoms with Crippen LogP contribution in [-0.4, -0.2) is 15.0 Å². The Bertz CT molecular complexity index is 1050. The van der Waals surface area contributed by atoms with E-state index in [1.165, 1.54) is 11.3 Å². The summed E-state index contributed by atoms with van der Waals surface area (Å²) in [5.41, 5.74) is 9.37. The molecule has 0 amide bonds. The van der Waals surface area contributed by atoms with Crippen molar-refractivity contribution in [2.45, 2.75) is 0 Å². The zero-order valence-electron chi connectivity index (χ0n) is 13.6. The van der Waals surface area contributed by atoms with Crippen LogP contribution in [-0.2, 0) is 0 Å². The summed E-state index contributed by atoms with van der Waals surface area (Å²) >= 11 is 7.44. The molecule has 2 aromatic carbocycles. The third-order valence-corrected chi connectivity index (χ3v) is 4.80. The molecule has 3 N–H and O–H groups in total. The largest absolute Gasteiger partial charge is 0.375 e. The predicted molar refractivity (Wildman–Crippen MR) is 108 cm³/mol. The van der Waals surface area contributed by atoms with Gasteiger partial charge in [0, 0.05) is 22.5 Å². The summed E-state index contributed by atoms with van der Waals surface area (Å²) in [6, 6.07) is 19.2. The van der Waals surface area contributed by atoms with Crippen molar-refractivity contribution >= 4 is 39.7 Å². The lowest BCUT2D eigenvalue weighted by Crippen LogP contribution is -1.97. The van der Waals surface area contributed by atoms with E-state index in [4.69, 9.17) is 17.3 Å². The van der Waals surface area contributed by atoms with Crippen LogP contribution >= 0.6 is 22.9 Å². The van der Waals surface area contributed by atoms with Gasteiger partial charge in [0.2, 0.25) is 5.95 Å². The van der Waals surface area contributed by atoms with Gasteiger partial charge in [0.25, 0.3) is 0 Å². The molecule has 0 fully saturated rings. The molecule has 0 bridgehead atoms. The number of anilines is 3. The van der Waals surface area contributed by atoms with Gasteiger partial charge in [-0.1, -0.05) is 59.3 Å². The molecule has 0 unspecified atom stereocenters. The van der Waals surface area contributed by atoms with Gasteiger partial charge in [0.15, 0.2) is 5.13 Å². The molecule has 4 aromatic rings. The molecule has 0 radical (unpaired) electrons. The molecule has 7 heteroatoms. The Balaban J connectivity index is 1.71. The minimum absolute atomic E-state index is 0.482. The highest BCUT2D eigenvalue weighted by molar-refractivity contribution is 7.19. The highest BCUT2D eigenvalue weighted by Crippen LogP contribution is 2.37. The van der Waals surface area contributed by atoms with E-state index in [2.05, 4.69) is 20.3 Å². The van der Waals surface area contributed by atoms with Crippen LogP contribution in [0.1, 0.15) is 0 Å². The SMILES string of the molecule is Nc1nc(-c2ccccc2)c(-c2ccnc(Nc3cccc(Cl)c3)n2)s1. The van der Waals surface area contributed by atoms with Gasteiger partial charge in [-0.2, -0.15) is 0 Å². The van der Waals surface area contributed by atoms with Crippen LogP contribution in [0, 0.1) is 0 Å². The highest BCUT2D eigenvalue weighted by atomic mass is 35.5. The van der Waals surface area contributed by atoms with Crippen molar-refractivity contribution in [1.29, 1.82) is 0 Å². The lowest BCUT2D eigenvalue weighted by Gasteiger charge is -2.07. The van der Waals surface area contributed by atoms with E-state index in [1.807, 2.05) is 60.7 Å². The number of hydrogen-bond acceptors (Lipinski definition) is 6. The summed E-state index contributed by atoms with van der Waals surface area (Å²) in [7, 11) is 0. The Hall–Kier alpha value is -2.96. The number of nitrogens with two attached hydrogens (primary N) is 1. The Kier molecular flexibility index (Phi) is 4.51. The van der Waals surface area contributed by atoms with Crippen LogP contribution in [0.15, 0.2) is 66.9 Å². The first-order valence-corrected chi connectivity index (χ1v) is 9.06. The minimum Gasteiger partial charge on any atom is -0.375 e. The number of benzene rings is 2. The first kappa shape index (κ1) is 16.5. The number of aromatic nitrogens is 3. The molecule has 0 spiro atoms. The molecule has 26 heavy (non-hydrogen) atoms. The lowest BCUT2D eigenvalue weighted by molar-refractivity contribution is 1.17. The second kappa shape index (κ2) is 7.11. The third-order valence-electron chi connectivity index (χ3n) is 3.66. The Morgan fingerprint density at radius 2 is 1.81 bits per heavy atom. The van der Waals surface area contributed by atoms with E-state index in [0.717, 1.165) is 27.5 Å². The molecule has 0 atom stereocenters. The Morgan fingerprint density at radius 1 is 0.962 bits per heavy atom. The van der Waals surface area contributed by atoms with Crippen molar-refractivity contribution in [1.82, 2.24) is 15.0 Å². The van der Waals surface area contributed by atoms with Gasteiger partial charge < -0.3 is 11.1 Å². The standard InChI is InChI=1S/C19H14ClN5S/c20-13-7-4-8-14(11-13)23-19-22-10-9-15(24-19)17-16(25-18(21)26-17)12-5-2-1-3-6-12/h1-11H,(H2,21,25)(H,22,23,24). The van der Waals surface area contributed by atoms with E-state index < -0.39 is 0 Å². The van der Waals surface area contributed by atoms with Crippen molar-refractivity contribution in [3.8, 4) is 21.8 Å². The third kappa shape index (κ3) is 3.51. The van der Waals surface area contributed by atoms with Gasteiger partial charge in [-0.15, -0.1) is 0 Å². The van der Waals surface area contributed by atoms with Crippen molar-refractivity contribution in [2.24, 2.45) is 0 Å². The number of nitrogens with zero attached hydrogens (tertiary/aromatic N) is 3. The maximum Gasteiger partial charge on any atom is 0.227 e. The normalized spacial score (nSPS) is 10.7. The van der Waals surface area contributed by atoms with E-state index in [0.29, 0.717) is 16.1 Å². The van der Waals surface area contributed by atoms with Gasteiger partial charge in [0.1, 0.15) is 0 Å². The fraction of sp³-hybridized carbons (Fsp3) is 0. The molecule has 2 heterocycles. The number of hydrogen-bond donors (Lipinski definition) is 2. The molecule has 128 valence electrons. The Labute approximate surface area is 159 Å². The second-order valence-electron chi connectivity index (χ2n) is 5.50. The monoisotopic (exact) mass is 379 g/mol. The summed E-state index contributed by atoms with van der Waals surface area (Å²) in [4.78, 5) is 14.3. The molecule has 2 aromatic heterocycles. The Morgan fingerprint density at radius 3 is 2.62 bits per heavy atom. The van der Waals surface area contributed by atoms with Crippen LogP contribution in [0.3, 0.4) is 0 Å². The van der Waals surface area contributed by atoms with Crippen molar-refractivity contribution in [2.75, 3.05) is 11.1 Å². The average Bonchev–Trinajstić information content (AvgIpc) is 3.05. The smallest absolute Gasteiger partial charge is 0.227 e. The maximum absolute atomic E-state index is 6.03. The molecule has 0 saturated heterocycles. The molecule has 0 aliphatic carbocycles. The van der Waals surface area contributed by atoms with Gasteiger partial charge in [-0.3, -0.25) is 0 Å². The number of rotatable bonds is 4. The van der Waals surface area contributed by atoms with Crippen molar-refractivity contribution in [3.63, 3.8) is 0 Å². The first-order chi connectivity index (χ1) is 12.7. The fourth-order valence-electron chi connectivity index (χ4n) is 2.54. The van der Waals surface area contributed by atoms with Crippen LogP contribution in [0.2, 0.25) is 5.02 Å². The number of nitrogens with one attached hydrogen (secondary N) is 1. The minimum atomic E-state index is 0.482. The van der Waals surface area contributed by atoms with Crippen molar-refractivity contribution in [3.05, 3.63) is 71.9 Å². The molecular formula is C19H14ClN5S. The zero-order valence-corrected chi connectivity index (χ0v) is 15.1. The molecule has 0 aliphatic heterocycles. The van der Waals surface area contributed by atoms with Crippen LogP contribution in [0.4, 0.5) is 16.8 Å². The second-order valence-corrected chi connectivity index (χ2v) is 6.96. The van der Waals surface area contributed by atoms with Gasteiger partial charge >= 0.3 is 0 Å². The number of thiazole rings is 1. The van der Waals surface area contributed by atoms with Gasteiger partial charge in [-0.25, -0.2) is 15.0 Å². The maximum atomic E-state index is 6.03. The summed E-state index contributed by atoms with van der Waals surface area (Å²) in [6.07, 6.45) is 1.71. The van der Waals surface area contributed by atoms with E-state index in [1.54, 1.807) is 6.20 Å². The molecule has 4 rings (SSSR count). The molecule has 5 nitrogen and oxygen atoms in total. The number of halogens is 1. The van der Waals surface area contributed by atoms with Crippen LogP contribution < -0.4 is 11.1 Å². The molecule has 0 saturated carbocycles. The van der Waals surface area contributed by atoms with E-state index >= 15 is 0 Å². The van der Waals surface area contributed by atoms with Crippen molar-refractivity contribution < 1.29 is 0 Å². The number of nitrogen functional groups attached to an aromatic ring is 1. The summed E-state index contributed by atoms with van der Waals surface area (Å²) in [5.74, 6) is 0.482. The van der Waals surface area contributed by atoms with E-state index in [-0.39, 0.29) is 0 Å². The summed E-state index contributed by atoms with van der Waals surface area (Å²) in [5, 5.41) is 4.31. The first-order valence-electron chi connectivity index (χ1n) is 7.87. The van der Waals surface area contributed by atoms with Gasteiger partial charge in [0.05, 0.1) is 16.3 Å². The van der Waals surface area contributed by atoms with Crippen LogP contribution in [0.5, 0.6) is 0 Å². The topological polar surface area (TPSA) is 76.7 Å². The summed E-state index contributed by atoms with van der Waals surface area (Å²) in [6.45, 7) is 0. The van der Waals surface area contributed by atoms with Crippen LogP contribution in [0.25, 0.3) is 21.8 Å². The zero-order chi connectivity index (χ0) is 17.9. The van der Waals surface area contributed by atoms with Gasteiger partial charge in [-0.05, 0) is 24.3 Å². The fourth-order valence-corrected chi connectivity index (χ4v) is 3.56. The predicted octanol–water partition coefficient (Wildman–Crippen LogP) is 5.25. The van der Waals surface area contributed by atoms with E-state index in [9.17, 15) is 0 Å².